The van der Waals surface area contributed by atoms with Gasteiger partial charge in [0, 0.05) is 131 Å². The van der Waals surface area contributed by atoms with Gasteiger partial charge in [0.2, 0.25) is 59.1 Å². The first-order valence-electron chi connectivity index (χ1n) is 39.8. The minimum Gasteiger partial charge on any atom is -0.394 e. The number of aliphatic hydroxyl groups excluding tert-OH is 9. The van der Waals surface area contributed by atoms with E-state index in [0.717, 1.165) is 44.9 Å². The lowest BCUT2D eigenvalue weighted by Gasteiger charge is -2.42. The smallest absolute Gasteiger partial charge is 0.222 e. The van der Waals surface area contributed by atoms with Gasteiger partial charge in [-0.25, -0.2) is 0 Å². The van der Waals surface area contributed by atoms with Gasteiger partial charge in [-0.3, -0.25) is 47.9 Å². The lowest BCUT2D eigenvalue weighted by Crippen LogP contribution is -2.64. The van der Waals surface area contributed by atoms with E-state index in [1.54, 1.807) is 6.92 Å². The Morgan fingerprint density at radius 1 is 0.301 bits per heavy atom. The molecule has 3 fully saturated rings. The summed E-state index contributed by atoms with van der Waals surface area (Å²) in [5.74, 6) is -3.50. The molecule has 0 aliphatic carbocycles. The van der Waals surface area contributed by atoms with Gasteiger partial charge in [-0.2, -0.15) is 0 Å². The van der Waals surface area contributed by atoms with Crippen LogP contribution in [-0.4, -0.2) is 327 Å². The lowest BCUT2D eigenvalue weighted by molar-refractivity contribution is -0.270. The lowest BCUT2D eigenvalue weighted by atomic mass is 9.97. The second-order valence-electron chi connectivity index (χ2n) is 28.7. The molecule has 3 saturated heterocycles. The Balaban J connectivity index is 1.55. The standard InChI is InChI=1S/C74H132N10O29/c1-48(88)22-11-9-7-5-6-8-10-12-26-61(98)84-74(45-105-39-27-58(95)78-33-19-30-75-55(92)23-13-16-36-108-71-62(81-49(2)89)68(102)65(99)52(42-85)111-71,46-106-40-28-59(96)79-34-20-31-76-56(93)24-14-17-37-109-72-63(82-50(3)90)69(103)66(100)53(43-86)112-72)47-107-41-29-60(97)80-35-21-32-77-57(94)25-15-18-38-110-73-64(83-51(4)91)70(104)67(101)54(44-87)113-73/h52-54,62-73,85-87,99-104H,5-47H2,1-4H3,(H,75,92)(H,76,93)(H,77,94)(H,78,95)(H,79,96)(H,80,97)(H,81,89)(H,82,90)(H,83,91)(H,84,98)/t52?,53?,54?,62-,63-,64-,65+,66+,67+,68?,69?,70?,71+,72+,73+,74?/m0/s1. The molecule has 0 radical (unpaired) electrons. The molecule has 0 aromatic rings. The normalized spacial score (nSPS) is 24.0. The first kappa shape index (κ1) is 101. The molecule has 3 aliphatic heterocycles. The number of amides is 10. The van der Waals surface area contributed by atoms with Gasteiger partial charge in [0.1, 0.15) is 84.4 Å². The molecule has 3 heterocycles. The Kier molecular flexibility index (Phi) is 52.9. The van der Waals surface area contributed by atoms with Crippen LogP contribution in [0.1, 0.15) is 188 Å². The SMILES string of the molecule is CC(=O)CCCCCCCCCCC(=O)NC(COCCC(=O)NCCCNC(=O)CCCCO[C@@H]1OC(CO)[C@@H](O)C(O)[C@@H]1NC(C)=O)(COCCC(=O)NCCCNC(=O)CCCCO[C@@H]1OC(CO)[C@@H](O)C(O)[C@@H]1NC(C)=O)COCCC(=O)NCCCNC(=O)CCCCO[C@@H]1OC(CO)[C@@H](O)C(O)[C@@H]1NC(C)=O. The first-order valence-corrected chi connectivity index (χ1v) is 39.8. The molecule has 0 aromatic carbocycles. The number of hydrogen-bond donors (Lipinski definition) is 19. The summed E-state index contributed by atoms with van der Waals surface area (Å²) in [6, 6.07) is -3.28. The van der Waals surface area contributed by atoms with Crippen LogP contribution in [0, 0.1) is 0 Å². The fourth-order valence-corrected chi connectivity index (χ4v) is 12.4. The summed E-state index contributed by atoms with van der Waals surface area (Å²) >= 11 is 0. The first-order chi connectivity index (χ1) is 54.1. The van der Waals surface area contributed by atoms with E-state index < -0.39 is 135 Å². The van der Waals surface area contributed by atoms with Crippen LogP contribution in [0.4, 0.5) is 0 Å². The van der Waals surface area contributed by atoms with Crippen molar-refractivity contribution in [1.82, 2.24) is 53.2 Å². The molecule has 0 spiro atoms. The summed E-state index contributed by atoms with van der Waals surface area (Å²) in [5, 5.41) is 118. The minimum atomic E-state index is -1.46. The van der Waals surface area contributed by atoms with Crippen LogP contribution < -0.4 is 53.2 Å². The number of ketones is 1. The van der Waals surface area contributed by atoms with E-state index in [-0.39, 0.29) is 191 Å². The van der Waals surface area contributed by atoms with Crippen LogP contribution in [0.2, 0.25) is 0 Å². The molecule has 113 heavy (non-hydrogen) atoms. The summed E-state index contributed by atoms with van der Waals surface area (Å²) in [6.07, 6.45) is -4.19. The molecule has 15 atom stereocenters. The van der Waals surface area contributed by atoms with Gasteiger partial charge in [-0.1, -0.05) is 38.5 Å². The van der Waals surface area contributed by atoms with Gasteiger partial charge in [0.05, 0.1) is 59.5 Å². The largest absolute Gasteiger partial charge is 0.394 e. The summed E-state index contributed by atoms with van der Waals surface area (Å²) in [6.45, 7) is 4.08. The molecule has 3 aliphatic rings. The Bertz CT molecular complexity index is 2530. The molecule has 0 saturated carbocycles. The van der Waals surface area contributed by atoms with Crippen molar-refractivity contribution in [2.45, 2.75) is 286 Å². The quantitative estimate of drug-likeness (QED) is 0.0257. The highest BCUT2D eigenvalue weighted by Crippen LogP contribution is 2.26. The monoisotopic (exact) mass is 1620 g/mol. The fraction of sp³-hybridized carbons (Fsp3) is 0.851. The summed E-state index contributed by atoms with van der Waals surface area (Å²) in [5.41, 5.74) is -1.40. The topological polar surface area (TPSA) is 573 Å². The van der Waals surface area contributed by atoms with Crippen molar-refractivity contribution in [3.05, 3.63) is 0 Å². The summed E-state index contributed by atoms with van der Waals surface area (Å²) in [4.78, 5) is 138. The molecule has 19 N–H and O–H groups in total. The maximum atomic E-state index is 13.9. The van der Waals surface area contributed by atoms with E-state index >= 15 is 0 Å². The highest BCUT2D eigenvalue weighted by atomic mass is 16.7. The van der Waals surface area contributed by atoms with Crippen molar-refractivity contribution < 1.29 is 141 Å². The third-order valence-electron chi connectivity index (χ3n) is 18.6. The van der Waals surface area contributed by atoms with E-state index in [1.807, 2.05) is 0 Å². The zero-order valence-electron chi connectivity index (χ0n) is 66.3. The Morgan fingerprint density at radius 2 is 0.549 bits per heavy atom. The Morgan fingerprint density at radius 3 is 0.814 bits per heavy atom. The third-order valence-corrected chi connectivity index (χ3v) is 18.6. The van der Waals surface area contributed by atoms with Crippen molar-refractivity contribution in [2.24, 2.45) is 0 Å². The average Bonchev–Trinajstić information content (AvgIpc) is 0.820. The zero-order valence-corrected chi connectivity index (χ0v) is 66.3. The fourth-order valence-electron chi connectivity index (χ4n) is 12.4. The van der Waals surface area contributed by atoms with Gasteiger partial charge in [-0.05, 0) is 77.6 Å². The molecular weight excluding hydrogens is 1490 g/mol. The molecule has 39 heteroatoms. The molecule has 0 aromatic heterocycles. The number of nitrogens with one attached hydrogen (secondary N) is 10. The second-order valence-corrected chi connectivity index (χ2v) is 28.7. The van der Waals surface area contributed by atoms with Crippen LogP contribution in [0.15, 0.2) is 0 Å². The highest BCUT2D eigenvalue weighted by Gasteiger charge is 2.48. The maximum Gasteiger partial charge on any atom is 0.222 e. The number of hydrogen-bond acceptors (Lipinski definition) is 29. The van der Waals surface area contributed by atoms with Crippen LogP contribution in [0.3, 0.4) is 0 Å². The molecule has 10 amide bonds. The molecule has 39 nitrogen and oxygen atoms in total. The number of ether oxygens (including phenoxy) is 9. The number of aliphatic hydroxyl groups is 9. The van der Waals surface area contributed by atoms with E-state index in [1.165, 1.54) is 20.8 Å². The van der Waals surface area contributed by atoms with Crippen molar-refractivity contribution in [3.63, 3.8) is 0 Å². The van der Waals surface area contributed by atoms with Crippen molar-refractivity contribution in [3.8, 4) is 0 Å². The van der Waals surface area contributed by atoms with Crippen LogP contribution in [-0.2, 0) is 95.4 Å². The van der Waals surface area contributed by atoms with Gasteiger partial charge in [-0.15, -0.1) is 0 Å². The van der Waals surface area contributed by atoms with Gasteiger partial charge in [0.25, 0.3) is 0 Å². The number of carbonyl (C=O) groups is 11. The number of carbonyl (C=O) groups excluding carboxylic acids is 11. The molecular formula is C74H132N10O29. The number of rotatable bonds is 63. The van der Waals surface area contributed by atoms with Crippen LogP contribution in [0.5, 0.6) is 0 Å². The Hall–Kier alpha value is -6.35. The second kappa shape index (κ2) is 59.3. The maximum absolute atomic E-state index is 13.9. The van der Waals surface area contributed by atoms with Crippen LogP contribution in [0.25, 0.3) is 0 Å². The van der Waals surface area contributed by atoms with Crippen molar-refractivity contribution in [1.29, 1.82) is 0 Å². The van der Waals surface area contributed by atoms with E-state index in [0.29, 0.717) is 70.6 Å². The zero-order chi connectivity index (χ0) is 83.4. The molecule has 652 valence electrons. The van der Waals surface area contributed by atoms with Gasteiger partial charge >= 0.3 is 0 Å². The number of Topliss-reactive ketones (excluding diaryl/α,β-unsaturated/α-hetero) is 1. The summed E-state index contributed by atoms with van der Waals surface area (Å²) in [7, 11) is 0. The Labute approximate surface area is 661 Å². The minimum absolute atomic E-state index is 0.0799. The molecule has 6 unspecified atom stereocenters. The predicted molar refractivity (Wildman–Crippen MR) is 401 cm³/mol. The summed E-state index contributed by atoms with van der Waals surface area (Å²) < 4.78 is 52.1. The predicted octanol–water partition coefficient (Wildman–Crippen LogP) is -4.19. The van der Waals surface area contributed by atoms with E-state index in [4.69, 9.17) is 42.6 Å². The van der Waals surface area contributed by atoms with Crippen molar-refractivity contribution in [2.75, 3.05) is 119 Å². The van der Waals surface area contributed by atoms with Crippen LogP contribution >= 0.6 is 0 Å². The highest BCUT2D eigenvalue weighted by molar-refractivity contribution is 5.79. The number of unbranched alkanes of at least 4 members (excludes halogenated alkanes) is 10. The average molecular weight is 1630 g/mol. The van der Waals surface area contributed by atoms with E-state index in [9.17, 15) is 98.7 Å². The van der Waals surface area contributed by atoms with Gasteiger partial charge in [0.15, 0.2) is 18.9 Å². The molecule has 3 rings (SSSR count). The van der Waals surface area contributed by atoms with E-state index in [2.05, 4.69) is 53.2 Å². The third kappa shape index (κ3) is 43.4. The van der Waals surface area contributed by atoms with Gasteiger partial charge < -0.3 is 147 Å². The molecule has 0 bridgehead atoms. The van der Waals surface area contributed by atoms with Crippen molar-refractivity contribution >= 4 is 64.9 Å².